The lowest BCUT2D eigenvalue weighted by Gasteiger charge is -2.38. The summed E-state index contributed by atoms with van der Waals surface area (Å²) in [6, 6.07) is 8.75. The molecule has 3 heteroatoms. The maximum atomic E-state index is 11.8. The molecule has 3 nitrogen and oxygen atoms in total. The van der Waals surface area contributed by atoms with E-state index in [4.69, 9.17) is 0 Å². The summed E-state index contributed by atoms with van der Waals surface area (Å²) in [6.07, 6.45) is 3.01. The average Bonchev–Trinajstić information content (AvgIpc) is 2.83. The molecule has 0 bridgehead atoms. The summed E-state index contributed by atoms with van der Waals surface area (Å²) in [6.45, 7) is 6.44. The zero-order chi connectivity index (χ0) is 12.7. The van der Waals surface area contributed by atoms with E-state index in [0.717, 1.165) is 18.7 Å². The summed E-state index contributed by atoms with van der Waals surface area (Å²) < 4.78 is 0. The fourth-order valence-corrected chi connectivity index (χ4v) is 3.35. The maximum Gasteiger partial charge on any atom is 0.219 e. The fourth-order valence-electron chi connectivity index (χ4n) is 3.35. The van der Waals surface area contributed by atoms with Gasteiger partial charge in [0.05, 0.1) is 6.04 Å². The van der Waals surface area contributed by atoms with Gasteiger partial charge in [-0.2, -0.15) is 0 Å². The van der Waals surface area contributed by atoms with Crippen LogP contribution in [-0.2, 0) is 4.79 Å². The Kier molecular flexibility index (Phi) is 2.62. The van der Waals surface area contributed by atoms with Gasteiger partial charge >= 0.3 is 0 Å². The van der Waals surface area contributed by atoms with Crippen LogP contribution in [0.4, 0.5) is 5.69 Å². The lowest BCUT2D eigenvalue weighted by molar-refractivity contribution is -0.130. The molecule has 1 fully saturated rings. The van der Waals surface area contributed by atoms with E-state index < -0.39 is 0 Å². The van der Waals surface area contributed by atoms with E-state index in [-0.39, 0.29) is 18.0 Å². The van der Waals surface area contributed by atoms with Crippen LogP contribution < -0.4 is 5.32 Å². The first-order valence-electron chi connectivity index (χ1n) is 6.47. The fraction of sp³-hybridized carbons (Fsp3) is 0.400. The standard InChI is InChI=1S/C15H18N2O/c1-3-13-12-8-9-17(10(2)18)15(12)11-6-4-5-7-14(11)16-13/h3-7,12-13,15-16H,1,8-9H2,2H3/t12-,13+,15+/m1/s1. The molecule has 0 spiro atoms. The number of nitrogens with zero attached hydrogens (tertiary/aromatic N) is 1. The smallest absolute Gasteiger partial charge is 0.219 e. The first-order valence-corrected chi connectivity index (χ1v) is 6.47. The Morgan fingerprint density at radius 3 is 3.00 bits per heavy atom. The van der Waals surface area contributed by atoms with Crippen molar-refractivity contribution in [3.05, 3.63) is 42.5 Å². The predicted octanol–water partition coefficient (Wildman–Crippen LogP) is 2.58. The van der Waals surface area contributed by atoms with Crippen molar-refractivity contribution in [3.63, 3.8) is 0 Å². The predicted molar refractivity (Wildman–Crippen MR) is 72.3 cm³/mol. The number of nitrogens with one attached hydrogen (secondary N) is 1. The number of benzene rings is 1. The Bertz CT molecular complexity index is 497. The van der Waals surface area contributed by atoms with Gasteiger partial charge in [-0.3, -0.25) is 4.79 Å². The van der Waals surface area contributed by atoms with E-state index in [9.17, 15) is 4.79 Å². The van der Waals surface area contributed by atoms with Gasteiger partial charge < -0.3 is 10.2 Å². The van der Waals surface area contributed by atoms with Gasteiger partial charge in [-0.1, -0.05) is 24.3 Å². The normalized spacial score (nSPS) is 29.2. The molecule has 0 radical (unpaired) electrons. The lowest BCUT2D eigenvalue weighted by Crippen LogP contribution is -2.39. The van der Waals surface area contributed by atoms with Gasteiger partial charge in [0.2, 0.25) is 5.91 Å². The third kappa shape index (κ3) is 1.54. The summed E-state index contributed by atoms with van der Waals surface area (Å²) >= 11 is 0. The van der Waals surface area contributed by atoms with Gasteiger partial charge in [0.15, 0.2) is 0 Å². The van der Waals surface area contributed by atoms with Crippen molar-refractivity contribution < 1.29 is 4.79 Å². The minimum Gasteiger partial charge on any atom is -0.378 e. The van der Waals surface area contributed by atoms with Crippen LogP contribution in [-0.4, -0.2) is 23.4 Å². The van der Waals surface area contributed by atoms with Gasteiger partial charge in [0, 0.05) is 31.1 Å². The molecule has 1 aromatic rings. The number of carbonyl (C=O) groups excluding carboxylic acids is 1. The average molecular weight is 242 g/mol. The molecule has 94 valence electrons. The molecule has 18 heavy (non-hydrogen) atoms. The molecule has 0 saturated carbocycles. The molecule has 3 rings (SSSR count). The van der Waals surface area contributed by atoms with E-state index in [1.54, 1.807) is 6.92 Å². The van der Waals surface area contributed by atoms with Gasteiger partial charge in [0.25, 0.3) is 0 Å². The second kappa shape index (κ2) is 4.16. The van der Waals surface area contributed by atoms with Crippen LogP contribution in [0.2, 0.25) is 0 Å². The van der Waals surface area contributed by atoms with E-state index in [2.05, 4.69) is 24.0 Å². The quantitative estimate of drug-likeness (QED) is 0.768. The van der Waals surface area contributed by atoms with Crippen LogP contribution in [0.1, 0.15) is 24.9 Å². The molecule has 2 aliphatic heterocycles. The monoisotopic (exact) mass is 242 g/mol. The Labute approximate surface area is 107 Å². The number of amides is 1. The minimum absolute atomic E-state index is 0.169. The minimum atomic E-state index is 0.169. The highest BCUT2D eigenvalue weighted by Gasteiger charge is 2.43. The van der Waals surface area contributed by atoms with Crippen LogP contribution in [0.3, 0.4) is 0 Å². The number of hydrogen-bond acceptors (Lipinski definition) is 2. The zero-order valence-electron chi connectivity index (χ0n) is 10.6. The van der Waals surface area contributed by atoms with Crippen LogP contribution in [0.25, 0.3) is 0 Å². The number of para-hydroxylation sites is 1. The summed E-state index contributed by atoms with van der Waals surface area (Å²) in [5.74, 6) is 0.614. The van der Waals surface area contributed by atoms with E-state index in [1.807, 2.05) is 23.1 Å². The highest BCUT2D eigenvalue weighted by molar-refractivity contribution is 5.75. The van der Waals surface area contributed by atoms with Crippen molar-refractivity contribution >= 4 is 11.6 Å². The molecule has 0 aliphatic carbocycles. The molecule has 1 saturated heterocycles. The van der Waals surface area contributed by atoms with Crippen molar-refractivity contribution in [2.24, 2.45) is 5.92 Å². The van der Waals surface area contributed by atoms with Crippen LogP contribution >= 0.6 is 0 Å². The first kappa shape index (κ1) is 11.3. The largest absolute Gasteiger partial charge is 0.378 e. The zero-order valence-corrected chi connectivity index (χ0v) is 10.6. The summed E-state index contributed by atoms with van der Waals surface area (Å²) in [4.78, 5) is 13.8. The second-order valence-corrected chi connectivity index (χ2v) is 5.10. The molecular formula is C15H18N2O. The highest BCUT2D eigenvalue weighted by atomic mass is 16.2. The number of hydrogen-bond donors (Lipinski definition) is 1. The van der Waals surface area contributed by atoms with E-state index >= 15 is 0 Å². The Hall–Kier alpha value is -1.77. The number of likely N-dealkylation sites (tertiary alicyclic amines) is 1. The van der Waals surface area contributed by atoms with Crippen LogP contribution in [0.15, 0.2) is 36.9 Å². The second-order valence-electron chi connectivity index (χ2n) is 5.10. The Balaban J connectivity index is 2.08. The SMILES string of the molecule is C=C[C@@H]1Nc2ccccc2[C@H]2[C@@H]1CCN2C(C)=O. The van der Waals surface area contributed by atoms with E-state index in [0.29, 0.717) is 5.92 Å². The maximum absolute atomic E-state index is 11.8. The van der Waals surface area contributed by atoms with Gasteiger partial charge in [0.1, 0.15) is 0 Å². The summed E-state index contributed by atoms with van der Waals surface area (Å²) in [5.41, 5.74) is 2.38. The Morgan fingerprint density at radius 1 is 1.50 bits per heavy atom. The van der Waals surface area contributed by atoms with Crippen LogP contribution in [0, 0.1) is 5.92 Å². The number of carbonyl (C=O) groups is 1. The van der Waals surface area contributed by atoms with Crippen molar-refractivity contribution in [2.75, 3.05) is 11.9 Å². The van der Waals surface area contributed by atoms with Crippen molar-refractivity contribution in [2.45, 2.75) is 25.4 Å². The first-order chi connectivity index (χ1) is 8.72. The van der Waals surface area contributed by atoms with Gasteiger partial charge in [-0.05, 0) is 18.1 Å². The molecule has 0 aromatic heterocycles. The lowest BCUT2D eigenvalue weighted by atomic mass is 9.83. The topological polar surface area (TPSA) is 32.3 Å². The number of anilines is 1. The van der Waals surface area contributed by atoms with Crippen molar-refractivity contribution in [3.8, 4) is 0 Å². The molecule has 1 amide bonds. The van der Waals surface area contributed by atoms with Crippen LogP contribution in [0.5, 0.6) is 0 Å². The molecular weight excluding hydrogens is 224 g/mol. The number of rotatable bonds is 1. The molecule has 1 aromatic carbocycles. The van der Waals surface area contributed by atoms with E-state index in [1.165, 1.54) is 5.56 Å². The summed E-state index contributed by atoms with van der Waals surface area (Å²) in [7, 11) is 0. The molecule has 1 N–H and O–H groups in total. The third-order valence-corrected chi connectivity index (χ3v) is 4.17. The number of fused-ring (bicyclic) bond motifs is 3. The third-order valence-electron chi connectivity index (χ3n) is 4.17. The molecule has 2 heterocycles. The highest BCUT2D eigenvalue weighted by Crippen LogP contribution is 2.46. The van der Waals surface area contributed by atoms with Gasteiger partial charge in [-0.25, -0.2) is 0 Å². The molecule has 2 aliphatic rings. The van der Waals surface area contributed by atoms with Crippen molar-refractivity contribution in [1.29, 1.82) is 0 Å². The molecule has 0 unspecified atom stereocenters. The molecule has 3 atom stereocenters. The van der Waals surface area contributed by atoms with Gasteiger partial charge in [-0.15, -0.1) is 6.58 Å². The Morgan fingerprint density at radius 2 is 2.28 bits per heavy atom. The van der Waals surface area contributed by atoms with Crippen molar-refractivity contribution in [1.82, 2.24) is 4.90 Å². The summed E-state index contributed by atoms with van der Waals surface area (Å²) in [5, 5.41) is 3.52.